The van der Waals surface area contributed by atoms with E-state index in [1.165, 1.54) is 0 Å². The van der Waals surface area contributed by atoms with E-state index in [1.54, 1.807) is 13.3 Å². The van der Waals surface area contributed by atoms with Crippen LogP contribution in [0.15, 0.2) is 36.5 Å². The van der Waals surface area contributed by atoms with E-state index < -0.39 is 0 Å². The molecule has 1 aromatic heterocycles. The Balaban J connectivity index is 1.47. The molecule has 1 aromatic carbocycles. The quantitative estimate of drug-likeness (QED) is 0.820. The van der Waals surface area contributed by atoms with Crippen molar-refractivity contribution >= 4 is 22.6 Å². The lowest BCUT2D eigenvalue weighted by Crippen LogP contribution is -2.50. The van der Waals surface area contributed by atoms with Gasteiger partial charge in [-0.1, -0.05) is 6.07 Å². The van der Waals surface area contributed by atoms with Gasteiger partial charge >= 0.3 is 6.03 Å². The minimum absolute atomic E-state index is 0.0257. The molecule has 2 amide bonds. The molecule has 0 aliphatic carbocycles. The Bertz CT molecular complexity index is 699. The summed E-state index contributed by atoms with van der Waals surface area (Å²) in [5.74, 6) is 0. The van der Waals surface area contributed by atoms with Crippen molar-refractivity contribution in [1.82, 2.24) is 14.8 Å². The second kappa shape index (κ2) is 8.78. The zero-order valence-corrected chi connectivity index (χ0v) is 14.8. The van der Waals surface area contributed by atoms with Gasteiger partial charge in [-0.25, -0.2) is 4.79 Å². The number of fused-ring (bicyclic) bond motifs is 1. The Morgan fingerprint density at radius 1 is 1.20 bits per heavy atom. The number of rotatable bonds is 6. The molecular formula is C19H26N4O2. The standard InChI is InChI=1S/C19H26N4O2/c1-25-14-3-2-9-22-10-12-23(13-11-22)19(24)21-17-6-7-18-16(15-17)5-4-8-20-18/h4-8,15H,2-3,9-14H2,1H3,(H,21,24). The molecule has 0 atom stereocenters. The number of unbranched alkanes of at least 4 members (excludes halogenated alkanes) is 1. The third kappa shape index (κ3) is 4.90. The molecule has 0 saturated carbocycles. The predicted molar refractivity (Wildman–Crippen MR) is 99.9 cm³/mol. The van der Waals surface area contributed by atoms with Gasteiger partial charge in [0, 0.05) is 57.2 Å². The number of piperazine rings is 1. The smallest absolute Gasteiger partial charge is 0.321 e. The first-order chi connectivity index (χ1) is 12.3. The number of amides is 2. The van der Waals surface area contributed by atoms with Gasteiger partial charge in [-0.05, 0) is 43.7 Å². The van der Waals surface area contributed by atoms with Crippen LogP contribution in [-0.4, -0.2) is 67.3 Å². The number of anilines is 1. The second-order valence-electron chi connectivity index (χ2n) is 6.37. The SMILES string of the molecule is COCCCCN1CCN(C(=O)Nc2ccc3ncccc3c2)CC1. The average molecular weight is 342 g/mol. The van der Waals surface area contributed by atoms with Gasteiger partial charge in [-0.3, -0.25) is 9.88 Å². The minimum Gasteiger partial charge on any atom is -0.385 e. The van der Waals surface area contributed by atoms with Crippen LogP contribution in [0.3, 0.4) is 0 Å². The fraction of sp³-hybridized carbons (Fsp3) is 0.474. The van der Waals surface area contributed by atoms with Crippen molar-refractivity contribution in [2.24, 2.45) is 0 Å². The van der Waals surface area contributed by atoms with Crippen molar-refractivity contribution in [3.8, 4) is 0 Å². The number of hydrogen-bond donors (Lipinski definition) is 1. The Labute approximate surface area is 148 Å². The van der Waals surface area contributed by atoms with Gasteiger partial charge in [0.05, 0.1) is 5.52 Å². The highest BCUT2D eigenvalue weighted by Gasteiger charge is 2.20. The van der Waals surface area contributed by atoms with Crippen LogP contribution in [0.1, 0.15) is 12.8 Å². The van der Waals surface area contributed by atoms with Crippen LogP contribution < -0.4 is 5.32 Å². The average Bonchev–Trinajstić information content (AvgIpc) is 2.65. The van der Waals surface area contributed by atoms with Gasteiger partial charge in [-0.2, -0.15) is 0 Å². The van der Waals surface area contributed by atoms with Crippen LogP contribution in [0.5, 0.6) is 0 Å². The number of pyridine rings is 1. The molecule has 6 nitrogen and oxygen atoms in total. The molecule has 0 radical (unpaired) electrons. The summed E-state index contributed by atoms with van der Waals surface area (Å²) in [6, 6.07) is 9.68. The molecule has 0 spiro atoms. The number of benzene rings is 1. The summed E-state index contributed by atoms with van der Waals surface area (Å²) in [4.78, 5) is 21.1. The van der Waals surface area contributed by atoms with Crippen LogP contribution in [-0.2, 0) is 4.74 Å². The molecule has 1 N–H and O–H groups in total. The molecule has 2 aromatic rings. The van der Waals surface area contributed by atoms with E-state index >= 15 is 0 Å². The molecule has 1 aliphatic heterocycles. The highest BCUT2D eigenvalue weighted by molar-refractivity contribution is 5.92. The highest BCUT2D eigenvalue weighted by Crippen LogP contribution is 2.17. The summed E-state index contributed by atoms with van der Waals surface area (Å²) in [5, 5.41) is 4.03. The molecule has 3 rings (SSSR count). The van der Waals surface area contributed by atoms with Gasteiger partial charge in [0.25, 0.3) is 0 Å². The van der Waals surface area contributed by atoms with E-state index in [-0.39, 0.29) is 6.03 Å². The third-order valence-electron chi connectivity index (χ3n) is 4.59. The largest absolute Gasteiger partial charge is 0.385 e. The molecule has 0 unspecified atom stereocenters. The number of urea groups is 1. The van der Waals surface area contributed by atoms with Crippen molar-refractivity contribution in [3.63, 3.8) is 0 Å². The molecular weight excluding hydrogens is 316 g/mol. The molecule has 1 fully saturated rings. The van der Waals surface area contributed by atoms with Crippen LogP contribution in [0.2, 0.25) is 0 Å². The van der Waals surface area contributed by atoms with Crippen LogP contribution in [0.25, 0.3) is 10.9 Å². The Morgan fingerprint density at radius 3 is 2.84 bits per heavy atom. The monoisotopic (exact) mass is 342 g/mol. The van der Waals surface area contributed by atoms with Gasteiger partial charge in [0.2, 0.25) is 0 Å². The Kier molecular flexibility index (Phi) is 6.19. The number of methoxy groups -OCH3 is 1. The summed E-state index contributed by atoms with van der Waals surface area (Å²) in [5.41, 5.74) is 1.75. The van der Waals surface area contributed by atoms with Gasteiger partial charge in [-0.15, -0.1) is 0 Å². The minimum atomic E-state index is -0.0257. The van der Waals surface area contributed by atoms with E-state index in [0.29, 0.717) is 0 Å². The Morgan fingerprint density at radius 2 is 2.04 bits per heavy atom. The fourth-order valence-corrected chi connectivity index (χ4v) is 3.11. The number of aromatic nitrogens is 1. The van der Waals surface area contributed by atoms with Crippen LogP contribution >= 0.6 is 0 Å². The first kappa shape index (κ1) is 17.6. The van der Waals surface area contributed by atoms with Gasteiger partial charge < -0.3 is 15.0 Å². The summed E-state index contributed by atoms with van der Waals surface area (Å²) >= 11 is 0. The van der Waals surface area contributed by atoms with Crippen LogP contribution in [0.4, 0.5) is 10.5 Å². The summed E-state index contributed by atoms with van der Waals surface area (Å²) in [6.07, 6.45) is 4.01. The van der Waals surface area contributed by atoms with E-state index in [2.05, 4.69) is 15.2 Å². The topological polar surface area (TPSA) is 57.7 Å². The number of carbonyl (C=O) groups excluding carboxylic acids is 1. The lowest BCUT2D eigenvalue weighted by Gasteiger charge is -2.34. The highest BCUT2D eigenvalue weighted by atomic mass is 16.5. The summed E-state index contributed by atoms with van der Waals surface area (Å²) in [6.45, 7) is 5.31. The van der Waals surface area contributed by atoms with E-state index in [0.717, 1.165) is 68.8 Å². The number of carbonyl (C=O) groups is 1. The first-order valence-corrected chi connectivity index (χ1v) is 8.88. The Hall–Kier alpha value is -2.18. The number of nitrogens with zero attached hydrogens (tertiary/aromatic N) is 3. The lowest BCUT2D eigenvalue weighted by molar-refractivity contribution is 0.140. The van der Waals surface area contributed by atoms with Crippen LogP contribution in [0, 0.1) is 0 Å². The molecule has 2 heterocycles. The molecule has 0 bridgehead atoms. The summed E-state index contributed by atoms with van der Waals surface area (Å²) < 4.78 is 5.08. The van der Waals surface area contributed by atoms with E-state index in [1.807, 2.05) is 35.2 Å². The van der Waals surface area contributed by atoms with Crippen molar-refractivity contribution in [1.29, 1.82) is 0 Å². The zero-order valence-electron chi connectivity index (χ0n) is 14.8. The van der Waals surface area contributed by atoms with Crippen molar-refractivity contribution < 1.29 is 9.53 Å². The van der Waals surface area contributed by atoms with E-state index in [4.69, 9.17) is 4.74 Å². The van der Waals surface area contributed by atoms with Gasteiger partial charge in [0.1, 0.15) is 0 Å². The van der Waals surface area contributed by atoms with Crippen molar-refractivity contribution in [2.45, 2.75) is 12.8 Å². The lowest BCUT2D eigenvalue weighted by atomic mass is 10.2. The maximum Gasteiger partial charge on any atom is 0.321 e. The molecule has 25 heavy (non-hydrogen) atoms. The predicted octanol–water partition coefficient (Wildman–Crippen LogP) is 2.81. The second-order valence-corrected chi connectivity index (χ2v) is 6.37. The van der Waals surface area contributed by atoms with Gasteiger partial charge in [0.15, 0.2) is 0 Å². The maximum atomic E-state index is 12.5. The molecule has 134 valence electrons. The maximum absolute atomic E-state index is 12.5. The van der Waals surface area contributed by atoms with Crippen molar-refractivity contribution in [3.05, 3.63) is 36.5 Å². The molecule has 1 saturated heterocycles. The van der Waals surface area contributed by atoms with Crippen molar-refractivity contribution in [2.75, 3.05) is 51.8 Å². The zero-order chi connectivity index (χ0) is 17.5. The number of hydrogen-bond acceptors (Lipinski definition) is 4. The number of nitrogens with one attached hydrogen (secondary N) is 1. The normalized spacial score (nSPS) is 15.5. The fourth-order valence-electron chi connectivity index (χ4n) is 3.11. The number of ether oxygens (including phenoxy) is 1. The third-order valence-corrected chi connectivity index (χ3v) is 4.59. The molecule has 1 aliphatic rings. The first-order valence-electron chi connectivity index (χ1n) is 8.88. The van der Waals surface area contributed by atoms with E-state index in [9.17, 15) is 4.79 Å². The molecule has 6 heteroatoms. The summed E-state index contributed by atoms with van der Waals surface area (Å²) in [7, 11) is 1.74.